The molecule has 2 aromatic heterocycles. The number of hydrogen-bond acceptors (Lipinski definition) is 2. The Morgan fingerprint density at radius 2 is 2.21 bits per heavy atom. The van der Waals surface area contributed by atoms with Crippen LogP contribution in [-0.2, 0) is 17.8 Å². The second-order valence-corrected chi connectivity index (χ2v) is 5.72. The maximum absolute atomic E-state index is 12.1. The van der Waals surface area contributed by atoms with Gasteiger partial charge >= 0.3 is 0 Å². The first-order valence-electron chi connectivity index (χ1n) is 6.97. The van der Waals surface area contributed by atoms with E-state index in [1.807, 2.05) is 4.90 Å². The van der Waals surface area contributed by atoms with Gasteiger partial charge in [0.1, 0.15) is 5.65 Å². The normalized spacial score (nSPS) is 18.7. The first-order valence-corrected chi connectivity index (χ1v) is 6.97. The van der Waals surface area contributed by atoms with Gasteiger partial charge in [-0.1, -0.05) is 6.07 Å². The van der Waals surface area contributed by atoms with Gasteiger partial charge in [-0.3, -0.25) is 4.79 Å². The van der Waals surface area contributed by atoms with E-state index in [2.05, 4.69) is 34.6 Å². The number of aryl methyl sites for hydroxylation is 1. The molecule has 1 aliphatic carbocycles. The lowest BCUT2D eigenvalue weighted by atomic mass is 10.1. The molecule has 4 heteroatoms. The molecule has 2 aromatic rings. The zero-order valence-corrected chi connectivity index (χ0v) is 11.1. The van der Waals surface area contributed by atoms with Crippen LogP contribution in [0.15, 0.2) is 18.3 Å². The van der Waals surface area contributed by atoms with Gasteiger partial charge in [0.25, 0.3) is 0 Å². The fourth-order valence-electron chi connectivity index (χ4n) is 2.92. The summed E-state index contributed by atoms with van der Waals surface area (Å²) >= 11 is 0. The van der Waals surface area contributed by atoms with Gasteiger partial charge < -0.3 is 9.30 Å². The maximum atomic E-state index is 12.1. The van der Waals surface area contributed by atoms with Crippen LogP contribution in [0.5, 0.6) is 0 Å². The number of hydrogen-bond donors (Lipinski definition) is 0. The molecule has 2 aliphatic rings. The molecule has 1 saturated carbocycles. The van der Waals surface area contributed by atoms with Crippen LogP contribution in [0.3, 0.4) is 0 Å². The second-order valence-electron chi connectivity index (χ2n) is 5.72. The molecule has 4 nitrogen and oxygen atoms in total. The van der Waals surface area contributed by atoms with E-state index in [0.29, 0.717) is 18.4 Å². The quantitative estimate of drug-likeness (QED) is 0.781. The fourth-order valence-corrected chi connectivity index (χ4v) is 2.92. The lowest BCUT2D eigenvalue weighted by molar-refractivity contribution is -0.133. The number of carbonyl (C=O) groups is 1. The van der Waals surface area contributed by atoms with E-state index in [0.717, 1.165) is 37.1 Å². The Morgan fingerprint density at radius 1 is 1.37 bits per heavy atom. The Hall–Kier alpha value is -1.84. The van der Waals surface area contributed by atoms with Gasteiger partial charge in [0.05, 0.1) is 12.2 Å². The molecule has 0 radical (unpaired) electrons. The Bertz CT molecular complexity index is 669. The summed E-state index contributed by atoms with van der Waals surface area (Å²) in [6.45, 7) is 3.62. The van der Waals surface area contributed by atoms with Crippen LogP contribution in [0.25, 0.3) is 5.65 Å². The largest absolute Gasteiger partial charge is 0.336 e. The van der Waals surface area contributed by atoms with Crippen molar-refractivity contribution >= 4 is 11.6 Å². The Balaban J connectivity index is 1.71. The summed E-state index contributed by atoms with van der Waals surface area (Å²) < 4.78 is 2.18. The van der Waals surface area contributed by atoms with Gasteiger partial charge in [-0.2, -0.15) is 0 Å². The van der Waals surface area contributed by atoms with Crippen LogP contribution in [0.1, 0.15) is 29.8 Å². The van der Waals surface area contributed by atoms with Crippen molar-refractivity contribution in [3.05, 3.63) is 35.3 Å². The summed E-state index contributed by atoms with van der Waals surface area (Å²) in [5.74, 6) is 0.639. The Labute approximate surface area is 112 Å². The molecule has 0 saturated heterocycles. The predicted octanol–water partition coefficient (Wildman–Crippen LogP) is 1.94. The van der Waals surface area contributed by atoms with Crippen molar-refractivity contribution in [2.24, 2.45) is 5.92 Å². The number of carbonyl (C=O) groups excluding carboxylic acids is 1. The number of amides is 1. The van der Waals surface area contributed by atoms with E-state index in [4.69, 9.17) is 0 Å². The molecule has 0 N–H and O–H groups in total. The van der Waals surface area contributed by atoms with E-state index >= 15 is 0 Å². The summed E-state index contributed by atoms with van der Waals surface area (Å²) in [5.41, 5.74) is 4.59. The summed E-state index contributed by atoms with van der Waals surface area (Å²) in [6.07, 6.45) is 5.21. The minimum absolute atomic E-state index is 0.306. The summed E-state index contributed by atoms with van der Waals surface area (Å²) in [6, 6.07) is 4.14. The van der Waals surface area contributed by atoms with E-state index in [1.165, 1.54) is 11.3 Å². The Morgan fingerprint density at radius 3 is 3.00 bits per heavy atom. The van der Waals surface area contributed by atoms with Crippen LogP contribution in [0.4, 0.5) is 0 Å². The highest BCUT2D eigenvalue weighted by Gasteiger charge is 2.35. The second kappa shape index (κ2) is 3.83. The van der Waals surface area contributed by atoms with Gasteiger partial charge in [0, 0.05) is 30.8 Å². The molecule has 0 bridgehead atoms. The van der Waals surface area contributed by atoms with Crippen molar-refractivity contribution in [2.75, 3.05) is 6.54 Å². The first kappa shape index (κ1) is 11.0. The third-order valence-corrected chi connectivity index (χ3v) is 4.15. The van der Waals surface area contributed by atoms with Crippen molar-refractivity contribution in [1.82, 2.24) is 14.3 Å². The first-order chi connectivity index (χ1) is 9.22. The highest BCUT2D eigenvalue weighted by atomic mass is 16.2. The van der Waals surface area contributed by atoms with E-state index in [-0.39, 0.29) is 0 Å². The van der Waals surface area contributed by atoms with Crippen LogP contribution in [0, 0.1) is 12.8 Å². The average Bonchev–Trinajstić information content (AvgIpc) is 3.19. The molecule has 1 amide bonds. The van der Waals surface area contributed by atoms with E-state index in [9.17, 15) is 4.79 Å². The third-order valence-electron chi connectivity index (χ3n) is 4.15. The molecule has 0 spiro atoms. The van der Waals surface area contributed by atoms with Crippen LogP contribution >= 0.6 is 0 Å². The van der Waals surface area contributed by atoms with Gasteiger partial charge in [0.2, 0.25) is 5.91 Å². The number of nitrogens with zero attached hydrogens (tertiary/aromatic N) is 3. The number of fused-ring (bicyclic) bond motifs is 3. The van der Waals surface area contributed by atoms with Gasteiger partial charge in [0.15, 0.2) is 0 Å². The highest BCUT2D eigenvalue weighted by molar-refractivity contribution is 5.81. The molecule has 1 fully saturated rings. The fraction of sp³-hybridized carbons (Fsp3) is 0.467. The number of imidazole rings is 1. The summed E-state index contributed by atoms with van der Waals surface area (Å²) in [5, 5.41) is 0. The molecule has 4 rings (SSSR count). The van der Waals surface area contributed by atoms with Gasteiger partial charge in [-0.15, -0.1) is 0 Å². The van der Waals surface area contributed by atoms with Gasteiger partial charge in [-0.25, -0.2) is 4.98 Å². The average molecular weight is 255 g/mol. The van der Waals surface area contributed by atoms with Crippen LogP contribution in [-0.4, -0.2) is 26.7 Å². The molecular weight excluding hydrogens is 238 g/mol. The van der Waals surface area contributed by atoms with Crippen molar-refractivity contribution in [1.29, 1.82) is 0 Å². The number of rotatable bonds is 1. The molecule has 98 valence electrons. The molecule has 0 unspecified atom stereocenters. The smallest absolute Gasteiger partial charge is 0.226 e. The molecule has 3 heterocycles. The standard InChI is InChI=1S/C15H17N3O/c1-10-2-5-14-16-12-9-17(15(19)11-3-4-11)7-6-13(12)18(14)8-10/h2,5,8,11H,3-4,6-7,9H2,1H3. The minimum atomic E-state index is 0.306. The SMILES string of the molecule is Cc1ccc2nc3c(n2c1)CCN(C(=O)C1CC1)C3. The molecule has 1 aliphatic heterocycles. The van der Waals surface area contributed by atoms with Crippen molar-refractivity contribution in [2.45, 2.75) is 32.7 Å². The van der Waals surface area contributed by atoms with Crippen LogP contribution < -0.4 is 0 Å². The predicted molar refractivity (Wildman–Crippen MR) is 71.8 cm³/mol. The summed E-state index contributed by atoms with van der Waals surface area (Å²) in [4.78, 5) is 18.8. The number of pyridine rings is 1. The van der Waals surface area contributed by atoms with E-state index in [1.54, 1.807) is 0 Å². The third kappa shape index (κ3) is 1.74. The molecule has 0 atom stereocenters. The van der Waals surface area contributed by atoms with Gasteiger partial charge in [-0.05, 0) is 31.4 Å². The number of aromatic nitrogens is 2. The van der Waals surface area contributed by atoms with Crippen molar-refractivity contribution < 1.29 is 4.79 Å². The molecular formula is C15H17N3O. The lowest BCUT2D eigenvalue weighted by Gasteiger charge is -2.26. The lowest BCUT2D eigenvalue weighted by Crippen LogP contribution is -2.37. The van der Waals surface area contributed by atoms with Crippen molar-refractivity contribution in [3.8, 4) is 0 Å². The molecule has 0 aromatic carbocycles. The minimum Gasteiger partial charge on any atom is -0.336 e. The molecule has 19 heavy (non-hydrogen) atoms. The summed E-state index contributed by atoms with van der Waals surface area (Å²) in [7, 11) is 0. The Kier molecular flexibility index (Phi) is 2.22. The zero-order valence-electron chi connectivity index (χ0n) is 11.1. The van der Waals surface area contributed by atoms with E-state index < -0.39 is 0 Å². The maximum Gasteiger partial charge on any atom is 0.226 e. The van der Waals surface area contributed by atoms with Crippen molar-refractivity contribution in [3.63, 3.8) is 0 Å². The van der Waals surface area contributed by atoms with Crippen LogP contribution in [0.2, 0.25) is 0 Å². The zero-order chi connectivity index (χ0) is 13.0. The monoisotopic (exact) mass is 255 g/mol. The topological polar surface area (TPSA) is 37.6 Å². The highest BCUT2D eigenvalue weighted by Crippen LogP contribution is 2.32.